The summed E-state index contributed by atoms with van der Waals surface area (Å²) in [5, 5.41) is 9.06. The molecule has 2 saturated carbocycles. The normalized spacial score (nSPS) is 41.1. The Bertz CT molecular complexity index is 721. The van der Waals surface area contributed by atoms with Crippen LogP contribution in [0, 0.1) is 16.7 Å². The molecule has 4 atom stereocenters. The van der Waals surface area contributed by atoms with Crippen molar-refractivity contribution in [1.82, 2.24) is 4.90 Å². The Morgan fingerprint density at radius 2 is 1.96 bits per heavy atom. The summed E-state index contributed by atoms with van der Waals surface area (Å²) < 4.78 is 0. The van der Waals surface area contributed by atoms with Gasteiger partial charge in [-0.1, -0.05) is 36.6 Å². The number of nitrogens with zero attached hydrogens (tertiary/aromatic N) is 1. The Morgan fingerprint density at radius 3 is 2.69 bits per heavy atom. The van der Waals surface area contributed by atoms with E-state index >= 15 is 0 Å². The summed E-state index contributed by atoms with van der Waals surface area (Å²) in [6, 6.07) is 0.380. The number of likely N-dealkylation sites (tertiary alicyclic amines) is 1. The summed E-state index contributed by atoms with van der Waals surface area (Å²) >= 11 is 0. The van der Waals surface area contributed by atoms with Crippen LogP contribution in [0.1, 0.15) is 71.6 Å². The lowest BCUT2D eigenvalue weighted by Crippen LogP contribution is -2.58. The minimum Gasteiger partial charge on any atom is -0.481 e. The second kappa shape index (κ2) is 5.97. The highest BCUT2D eigenvalue weighted by molar-refractivity contribution is 5.77. The van der Waals surface area contributed by atoms with E-state index < -0.39 is 5.97 Å². The zero-order chi connectivity index (χ0) is 18.7. The quantitative estimate of drug-likeness (QED) is 0.749. The number of hydrogen-bond acceptors (Lipinski definition) is 2. The second-order valence-electron chi connectivity index (χ2n) is 9.32. The average molecular weight is 357 g/mol. The molecule has 3 aliphatic carbocycles. The number of allylic oxidation sites excluding steroid dienone is 3. The molecule has 1 heterocycles. The summed E-state index contributed by atoms with van der Waals surface area (Å²) in [5.41, 5.74) is 4.92. The summed E-state index contributed by atoms with van der Waals surface area (Å²) in [6.45, 7) is 4.76. The largest absolute Gasteiger partial charge is 0.481 e. The zero-order valence-corrected chi connectivity index (χ0v) is 16.3. The highest BCUT2D eigenvalue weighted by Crippen LogP contribution is 2.63. The standard InChI is InChI=1S/C22H31NO3/c1-21-12-10-17-15(16(21)7-4-14(21)5-9-20(25)26)6-8-18-22(17,2)13-11-19(24)23(18)3/h5,17-18H,4,6-13H2,1-3H3,(H,25,26)/t17-,18+,21+,22+/m0/s1. The first-order valence-electron chi connectivity index (χ1n) is 10.2. The van der Waals surface area contributed by atoms with Gasteiger partial charge in [0.1, 0.15) is 0 Å². The van der Waals surface area contributed by atoms with E-state index in [1.165, 1.54) is 12.0 Å². The van der Waals surface area contributed by atoms with E-state index in [1.807, 2.05) is 18.0 Å². The van der Waals surface area contributed by atoms with Gasteiger partial charge in [-0.3, -0.25) is 9.59 Å². The van der Waals surface area contributed by atoms with Crippen LogP contribution in [0.3, 0.4) is 0 Å². The number of rotatable bonds is 2. The maximum absolute atomic E-state index is 12.2. The van der Waals surface area contributed by atoms with Gasteiger partial charge in [0.2, 0.25) is 5.91 Å². The number of carboxylic acids is 1. The SMILES string of the molecule is CN1C(=O)CC[C@]2(C)[C@H]3CC[C@]4(C)C(=CCC(=O)O)CCC4=C3CC[C@@H]12. The lowest BCUT2D eigenvalue weighted by atomic mass is 9.52. The Hall–Kier alpha value is -1.58. The first-order valence-corrected chi connectivity index (χ1v) is 10.2. The average Bonchev–Trinajstić information content (AvgIpc) is 2.93. The Morgan fingerprint density at radius 1 is 1.19 bits per heavy atom. The predicted octanol–water partition coefficient (Wildman–Crippen LogP) is 4.32. The van der Waals surface area contributed by atoms with Crippen molar-refractivity contribution in [2.45, 2.75) is 77.7 Å². The van der Waals surface area contributed by atoms with Gasteiger partial charge in [0.15, 0.2) is 0 Å². The van der Waals surface area contributed by atoms with Gasteiger partial charge >= 0.3 is 5.97 Å². The van der Waals surface area contributed by atoms with Crippen molar-refractivity contribution < 1.29 is 14.7 Å². The van der Waals surface area contributed by atoms with Gasteiger partial charge in [-0.15, -0.1) is 0 Å². The number of hydrogen-bond donors (Lipinski definition) is 1. The van der Waals surface area contributed by atoms with E-state index in [0.29, 0.717) is 24.3 Å². The molecule has 4 rings (SSSR count). The number of amides is 1. The van der Waals surface area contributed by atoms with Crippen molar-refractivity contribution in [3.8, 4) is 0 Å². The molecule has 0 bridgehead atoms. The highest BCUT2D eigenvalue weighted by Gasteiger charge is 2.55. The molecule has 4 heteroatoms. The number of fused-ring (bicyclic) bond motifs is 4. The van der Waals surface area contributed by atoms with Crippen LogP contribution in [0.5, 0.6) is 0 Å². The van der Waals surface area contributed by atoms with Crippen molar-refractivity contribution in [3.05, 3.63) is 22.8 Å². The van der Waals surface area contributed by atoms with Crippen LogP contribution >= 0.6 is 0 Å². The zero-order valence-electron chi connectivity index (χ0n) is 16.3. The van der Waals surface area contributed by atoms with E-state index in [1.54, 1.807) is 11.1 Å². The molecule has 1 amide bonds. The van der Waals surface area contributed by atoms with Crippen LogP contribution in [0.15, 0.2) is 22.8 Å². The van der Waals surface area contributed by atoms with Gasteiger partial charge in [0.05, 0.1) is 6.42 Å². The maximum atomic E-state index is 12.2. The van der Waals surface area contributed by atoms with Gasteiger partial charge in [-0.05, 0) is 56.3 Å². The number of aliphatic carboxylic acids is 1. The fourth-order valence-corrected chi connectivity index (χ4v) is 6.80. The summed E-state index contributed by atoms with van der Waals surface area (Å²) in [7, 11) is 2.00. The predicted molar refractivity (Wildman–Crippen MR) is 101 cm³/mol. The van der Waals surface area contributed by atoms with Gasteiger partial charge in [-0.25, -0.2) is 0 Å². The minimum atomic E-state index is -0.737. The number of carbonyl (C=O) groups is 2. The molecule has 142 valence electrons. The topological polar surface area (TPSA) is 57.6 Å². The second-order valence-corrected chi connectivity index (χ2v) is 9.32. The van der Waals surface area contributed by atoms with Gasteiger partial charge in [0, 0.05) is 24.9 Å². The van der Waals surface area contributed by atoms with Gasteiger partial charge in [-0.2, -0.15) is 0 Å². The molecule has 0 aromatic rings. The molecule has 0 radical (unpaired) electrons. The first kappa shape index (κ1) is 17.8. The maximum Gasteiger partial charge on any atom is 0.307 e. The number of piperidine rings is 1. The Balaban J connectivity index is 1.70. The van der Waals surface area contributed by atoms with Crippen LogP contribution in [-0.2, 0) is 9.59 Å². The number of carbonyl (C=O) groups excluding carboxylic acids is 1. The van der Waals surface area contributed by atoms with Crippen LogP contribution in [0.2, 0.25) is 0 Å². The summed E-state index contributed by atoms with van der Waals surface area (Å²) in [5.74, 6) is 0.168. The molecule has 1 N–H and O–H groups in total. The molecule has 0 aromatic carbocycles. The molecule has 0 aromatic heterocycles. The van der Waals surface area contributed by atoms with E-state index in [-0.39, 0.29) is 17.3 Å². The Kier molecular flexibility index (Phi) is 4.09. The molecule has 0 spiro atoms. The molecule has 26 heavy (non-hydrogen) atoms. The molecule has 1 saturated heterocycles. The molecular weight excluding hydrogens is 326 g/mol. The van der Waals surface area contributed by atoms with Crippen molar-refractivity contribution in [3.63, 3.8) is 0 Å². The minimum absolute atomic E-state index is 0.0842. The van der Waals surface area contributed by atoms with Crippen LogP contribution < -0.4 is 0 Å². The van der Waals surface area contributed by atoms with Crippen LogP contribution in [-0.4, -0.2) is 35.0 Å². The van der Waals surface area contributed by atoms with E-state index in [2.05, 4.69) is 13.8 Å². The summed E-state index contributed by atoms with van der Waals surface area (Å²) in [6.07, 6.45) is 10.4. The van der Waals surface area contributed by atoms with E-state index in [9.17, 15) is 9.59 Å². The third kappa shape index (κ3) is 2.40. The monoisotopic (exact) mass is 357 g/mol. The third-order valence-electron chi connectivity index (χ3n) is 8.27. The summed E-state index contributed by atoms with van der Waals surface area (Å²) in [4.78, 5) is 25.3. The van der Waals surface area contributed by atoms with Gasteiger partial charge < -0.3 is 10.0 Å². The first-order chi connectivity index (χ1) is 12.3. The molecular formula is C22H31NO3. The van der Waals surface area contributed by atoms with E-state index in [0.717, 1.165) is 38.5 Å². The number of carboxylic acid groups (broad SMARTS) is 1. The molecule has 4 aliphatic rings. The Labute approximate surface area is 156 Å². The highest BCUT2D eigenvalue weighted by atomic mass is 16.4. The molecule has 0 unspecified atom stereocenters. The van der Waals surface area contributed by atoms with Crippen molar-refractivity contribution in [2.24, 2.45) is 16.7 Å². The third-order valence-corrected chi connectivity index (χ3v) is 8.27. The van der Waals surface area contributed by atoms with Crippen molar-refractivity contribution >= 4 is 11.9 Å². The van der Waals surface area contributed by atoms with Crippen molar-refractivity contribution in [1.29, 1.82) is 0 Å². The molecule has 3 fully saturated rings. The molecule has 4 nitrogen and oxygen atoms in total. The van der Waals surface area contributed by atoms with E-state index in [4.69, 9.17) is 5.11 Å². The van der Waals surface area contributed by atoms with Crippen molar-refractivity contribution in [2.75, 3.05) is 7.05 Å². The smallest absolute Gasteiger partial charge is 0.307 e. The van der Waals surface area contributed by atoms with Crippen LogP contribution in [0.4, 0.5) is 0 Å². The van der Waals surface area contributed by atoms with Gasteiger partial charge in [0.25, 0.3) is 0 Å². The van der Waals surface area contributed by atoms with Crippen LogP contribution in [0.25, 0.3) is 0 Å². The lowest BCUT2D eigenvalue weighted by molar-refractivity contribution is -0.144. The molecule has 1 aliphatic heterocycles. The lowest BCUT2D eigenvalue weighted by Gasteiger charge is -2.57. The fourth-order valence-electron chi connectivity index (χ4n) is 6.80. The fraction of sp³-hybridized carbons (Fsp3) is 0.727.